The number of hydrogen-bond acceptors (Lipinski definition) is 3. The minimum absolute atomic E-state index is 0.00612. The summed E-state index contributed by atoms with van der Waals surface area (Å²) in [5.74, 6) is -0.191. The lowest BCUT2D eigenvalue weighted by atomic mass is 10.1. The van der Waals surface area contributed by atoms with E-state index in [2.05, 4.69) is 15.9 Å². The molecule has 3 nitrogen and oxygen atoms in total. The van der Waals surface area contributed by atoms with Crippen molar-refractivity contribution in [3.05, 3.63) is 33.8 Å². The van der Waals surface area contributed by atoms with Gasteiger partial charge < -0.3 is 9.84 Å². The highest BCUT2D eigenvalue weighted by Crippen LogP contribution is 2.23. The van der Waals surface area contributed by atoms with E-state index in [-0.39, 0.29) is 12.6 Å². The first-order valence-corrected chi connectivity index (χ1v) is 6.01. The highest BCUT2D eigenvalue weighted by molar-refractivity contribution is 9.10. The molecule has 0 aliphatic carbocycles. The van der Waals surface area contributed by atoms with Crippen molar-refractivity contribution >= 4 is 21.9 Å². The predicted octanol–water partition coefficient (Wildman–Crippen LogP) is 2.44. The largest absolute Gasteiger partial charge is 0.466 e. The van der Waals surface area contributed by atoms with Gasteiger partial charge in [0.1, 0.15) is 0 Å². The first kappa shape index (κ1) is 13.2. The molecule has 0 heterocycles. The summed E-state index contributed by atoms with van der Waals surface area (Å²) in [5, 5.41) is 9.08. The molecule has 88 valence electrons. The topological polar surface area (TPSA) is 46.5 Å². The average Bonchev–Trinajstić information content (AvgIpc) is 2.28. The Labute approximate surface area is 104 Å². The van der Waals surface area contributed by atoms with Gasteiger partial charge in [-0.15, -0.1) is 0 Å². The van der Waals surface area contributed by atoms with E-state index in [4.69, 9.17) is 9.84 Å². The second-order valence-corrected chi connectivity index (χ2v) is 4.15. The Balaban J connectivity index is 2.63. The van der Waals surface area contributed by atoms with Crippen LogP contribution < -0.4 is 0 Å². The molecule has 16 heavy (non-hydrogen) atoms. The molecule has 0 bridgehead atoms. The smallest absolute Gasteiger partial charge is 0.306 e. The van der Waals surface area contributed by atoms with Gasteiger partial charge in [0.05, 0.1) is 13.2 Å². The second kappa shape index (κ2) is 6.66. The highest BCUT2D eigenvalue weighted by atomic mass is 79.9. The third-order valence-electron chi connectivity index (χ3n) is 2.23. The third kappa shape index (κ3) is 3.61. The first-order valence-electron chi connectivity index (χ1n) is 5.21. The van der Waals surface area contributed by atoms with E-state index in [1.54, 1.807) is 6.92 Å². The van der Waals surface area contributed by atoms with Crippen LogP contribution in [0.5, 0.6) is 0 Å². The first-order chi connectivity index (χ1) is 7.69. The maximum absolute atomic E-state index is 11.2. The standard InChI is InChI=1S/C12H15BrO3/c1-2-16-11(15)7-6-9-4-3-5-10(8-14)12(9)13/h3-5,14H,2,6-8H2,1H3. The van der Waals surface area contributed by atoms with Crippen molar-refractivity contribution in [2.45, 2.75) is 26.4 Å². The van der Waals surface area contributed by atoms with Crippen molar-refractivity contribution < 1.29 is 14.6 Å². The molecule has 0 aromatic heterocycles. The summed E-state index contributed by atoms with van der Waals surface area (Å²) in [6.45, 7) is 2.20. The SMILES string of the molecule is CCOC(=O)CCc1cccc(CO)c1Br. The van der Waals surface area contributed by atoms with Gasteiger partial charge in [-0.1, -0.05) is 34.1 Å². The van der Waals surface area contributed by atoms with Crippen LogP contribution in [0.2, 0.25) is 0 Å². The molecule has 0 amide bonds. The number of carbonyl (C=O) groups excluding carboxylic acids is 1. The number of esters is 1. The monoisotopic (exact) mass is 286 g/mol. The zero-order valence-corrected chi connectivity index (χ0v) is 10.8. The van der Waals surface area contributed by atoms with Crippen molar-refractivity contribution in [1.29, 1.82) is 0 Å². The number of hydrogen-bond donors (Lipinski definition) is 1. The fourth-order valence-electron chi connectivity index (χ4n) is 1.42. The van der Waals surface area contributed by atoms with Crippen LogP contribution in [0.3, 0.4) is 0 Å². The zero-order valence-electron chi connectivity index (χ0n) is 9.20. The predicted molar refractivity (Wildman–Crippen MR) is 65.0 cm³/mol. The molecule has 1 N–H and O–H groups in total. The Kier molecular flexibility index (Phi) is 5.49. The van der Waals surface area contributed by atoms with E-state index in [1.807, 2.05) is 18.2 Å². The molecule has 0 radical (unpaired) electrons. The molecule has 0 fully saturated rings. The molecule has 0 atom stereocenters. The van der Waals surface area contributed by atoms with Gasteiger partial charge in [-0.05, 0) is 24.5 Å². The van der Waals surface area contributed by atoms with Crippen molar-refractivity contribution in [2.75, 3.05) is 6.61 Å². The number of benzene rings is 1. The summed E-state index contributed by atoms with van der Waals surface area (Å²) >= 11 is 3.42. The number of ether oxygens (including phenoxy) is 1. The lowest BCUT2D eigenvalue weighted by Crippen LogP contribution is -2.05. The van der Waals surface area contributed by atoms with Gasteiger partial charge in [0, 0.05) is 10.9 Å². The van der Waals surface area contributed by atoms with Crippen LogP contribution >= 0.6 is 15.9 Å². The summed E-state index contributed by atoms with van der Waals surface area (Å²) in [4.78, 5) is 11.2. The van der Waals surface area contributed by atoms with E-state index in [0.29, 0.717) is 19.4 Å². The molecule has 0 unspecified atom stereocenters. The second-order valence-electron chi connectivity index (χ2n) is 3.35. The summed E-state index contributed by atoms with van der Waals surface area (Å²) in [5.41, 5.74) is 1.85. The Morgan fingerprint density at radius 3 is 2.75 bits per heavy atom. The Hall–Kier alpha value is -0.870. The van der Waals surface area contributed by atoms with Crippen LogP contribution in [-0.2, 0) is 22.6 Å². The summed E-state index contributed by atoms with van der Waals surface area (Å²) in [6.07, 6.45) is 0.981. The van der Waals surface area contributed by atoms with Gasteiger partial charge in [0.2, 0.25) is 0 Å². The van der Waals surface area contributed by atoms with Crippen molar-refractivity contribution in [3.63, 3.8) is 0 Å². The van der Waals surface area contributed by atoms with Gasteiger partial charge in [0.25, 0.3) is 0 Å². The van der Waals surface area contributed by atoms with E-state index in [9.17, 15) is 4.79 Å². The molecule has 4 heteroatoms. The lowest BCUT2D eigenvalue weighted by Gasteiger charge is -2.07. The molecular formula is C12H15BrO3. The minimum Gasteiger partial charge on any atom is -0.466 e. The van der Waals surface area contributed by atoms with E-state index in [0.717, 1.165) is 15.6 Å². The number of aliphatic hydroxyl groups is 1. The fraction of sp³-hybridized carbons (Fsp3) is 0.417. The number of aliphatic hydroxyl groups excluding tert-OH is 1. The zero-order chi connectivity index (χ0) is 12.0. The molecule has 1 aromatic carbocycles. The van der Waals surface area contributed by atoms with Crippen LogP contribution in [-0.4, -0.2) is 17.7 Å². The van der Waals surface area contributed by atoms with Crippen molar-refractivity contribution in [3.8, 4) is 0 Å². The van der Waals surface area contributed by atoms with Crippen LogP contribution in [0.4, 0.5) is 0 Å². The molecular weight excluding hydrogens is 272 g/mol. The Bertz CT molecular complexity index is 363. The highest BCUT2D eigenvalue weighted by Gasteiger charge is 2.07. The Morgan fingerprint density at radius 2 is 2.12 bits per heavy atom. The molecule has 0 saturated carbocycles. The number of halogens is 1. The third-order valence-corrected chi connectivity index (χ3v) is 3.25. The molecule has 0 aliphatic rings. The van der Waals surface area contributed by atoms with Crippen LogP contribution in [0, 0.1) is 0 Å². The van der Waals surface area contributed by atoms with Gasteiger partial charge in [-0.25, -0.2) is 0 Å². The summed E-state index contributed by atoms with van der Waals surface area (Å²) in [7, 11) is 0. The normalized spacial score (nSPS) is 10.2. The van der Waals surface area contributed by atoms with Gasteiger partial charge in [0.15, 0.2) is 0 Å². The number of carbonyl (C=O) groups is 1. The molecule has 0 saturated heterocycles. The van der Waals surface area contributed by atoms with E-state index < -0.39 is 0 Å². The molecule has 0 spiro atoms. The van der Waals surface area contributed by atoms with Gasteiger partial charge >= 0.3 is 5.97 Å². The molecule has 1 rings (SSSR count). The van der Waals surface area contributed by atoms with Gasteiger partial charge in [-0.2, -0.15) is 0 Å². The Morgan fingerprint density at radius 1 is 1.44 bits per heavy atom. The van der Waals surface area contributed by atoms with E-state index in [1.165, 1.54) is 0 Å². The van der Waals surface area contributed by atoms with Gasteiger partial charge in [-0.3, -0.25) is 4.79 Å². The number of rotatable bonds is 5. The molecule has 0 aliphatic heterocycles. The molecule has 1 aromatic rings. The van der Waals surface area contributed by atoms with Crippen LogP contribution in [0.15, 0.2) is 22.7 Å². The fourth-order valence-corrected chi connectivity index (χ4v) is 2.01. The lowest BCUT2D eigenvalue weighted by molar-refractivity contribution is -0.143. The van der Waals surface area contributed by atoms with Crippen molar-refractivity contribution in [1.82, 2.24) is 0 Å². The average molecular weight is 287 g/mol. The maximum atomic E-state index is 11.2. The minimum atomic E-state index is -0.191. The number of aryl methyl sites for hydroxylation is 1. The van der Waals surface area contributed by atoms with Crippen LogP contribution in [0.1, 0.15) is 24.5 Å². The van der Waals surface area contributed by atoms with Crippen LogP contribution in [0.25, 0.3) is 0 Å². The van der Waals surface area contributed by atoms with E-state index >= 15 is 0 Å². The summed E-state index contributed by atoms with van der Waals surface area (Å²) < 4.78 is 5.73. The van der Waals surface area contributed by atoms with Crippen molar-refractivity contribution in [2.24, 2.45) is 0 Å². The quantitative estimate of drug-likeness (QED) is 0.846. The maximum Gasteiger partial charge on any atom is 0.306 e. The summed E-state index contributed by atoms with van der Waals surface area (Å²) in [6, 6.07) is 5.65.